The first-order valence-electron chi connectivity index (χ1n) is 6.77. The van der Waals surface area contributed by atoms with Crippen molar-refractivity contribution in [2.45, 2.75) is 6.42 Å². The molecule has 0 unspecified atom stereocenters. The highest BCUT2D eigenvalue weighted by Gasteiger charge is 1.98. The van der Waals surface area contributed by atoms with Gasteiger partial charge in [0.1, 0.15) is 11.6 Å². The van der Waals surface area contributed by atoms with Crippen LogP contribution in [-0.2, 0) is 0 Å². The summed E-state index contributed by atoms with van der Waals surface area (Å²) in [4.78, 5) is 7.39. The van der Waals surface area contributed by atoms with Crippen LogP contribution in [0.3, 0.4) is 0 Å². The number of ether oxygens (including phenoxy) is 1. The van der Waals surface area contributed by atoms with Crippen LogP contribution in [-0.4, -0.2) is 23.1 Å². The Morgan fingerprint density at radius 1 is 1.15 bits per heavy atom. The van der Waals surface area contributed by atoms with Crippen molar-refractivity contribution in [3.8, 4) is 5.75 Å². The van der Waals surface area contributed by atoms with Gasteiger partial charge in [0.05, 0.1) is 6.61 Å². The normalized spacial score (nSPS) is 10.6. The van der Waals surface area contributed by atoms with Gasteiger partial charge in [0.25, 0.3) is 0 Å². The summed E-state index contributed by atoms with van der Waals surface area (Å²) < 4.78 is 5.74. The molecule has 0 bridgehead atoms. The zero-order chi connectivity index (χ0) is 13.6. The monoisotopic (exact) mass is 267 g/mol. The van der Waals surface area contributed by atoms with Gasteiger partial charge in [-0.2, -0.15) is 0 Å². The molecule has 0 amide bonds. The molecular formula is C16H17N3O. The Morgan fingerprint density at radius 3 is 3.05 bits per heavy atom. The molecule has 2 aromatic heterocycles. The molecule has 0 aliphatic rings. The van der Waals surface area contributed by atoms with Gasteiger partial charge in [0, 0.05) is 30.5 Å². The van der Waals surface area contributed by atoms with E-state index in [9.17, 15) is 0 Å². The number of aromatic amines is 1. The highest BCUT2D eigenvalue weighted by atomic mass is 16.5. The minimum absolute atomic E-state index is 0.687. The zero-order valence-electron chi connectivity index (χ0n) is 11.2. The molecule has 0 spiro atoms. The predicted octanol–water partition coefficient (Wildman–Crippen LogP) is 3.44. The summed E-state index contributed by atoms with van der Waals surface area (Å²) in [5.74, 6) is 1.80. The van der Waals surface area contributed by atoms with E-state index in [2.05, 4.69) is 27.4 Å². The summed E-state index contributed by atoms with van der Waals surface area (Å²) >= 11 is 0. The van der Waals surface area contributed by atoms with Crippen LogP contribution in [0.15, 0.2) is 54.9 Å². The molecule has 0 fully saturated rings. The van der Waals surface area contributed by atoms with Crippen molar-refractivity contribution in [1.82, 2.24) is 9.97 Å². The van der Waals surface area contributed by atoms with Gasteiger partial charge in [-0.25, -0.2) is 4.98 Å². The fourth-order valence-electron chi connectivity index (χ4n) is 2.06. The fourth-order valence-corrected chi connectivity index (χ4v) is 2.06. The summed E-state index contributed by atoms with van der Waals surface area (Å²) in [6.45, 7) is 1.54. The van der Waals surface area contributed by atoms with Crippen LogP contribution in [0.25, 0.3) is 10.9 Å². The van der Waals surface area contributed by atoms with Crippen LogP contribution >= 0.6 is 0 Å². The van der Waals surface area contributed by atoms with E-state index in [1.165, 1.54) is 5.39 Å². The SMILES string of the molecule is c1ccc(NCCCOc2ccc3cc[nH]c3c2)nc1. The third-order valence-corrected chi connectivity index (χ3v) is 3.09. The molecule has 0 aliphatic carbocycles. The molecule has 4 heteroatoms. The quantitative estimate of drug-likeness (QED) is 0.673. The Bertz CT molecular complexity index is 664. The molecule has 0 radical (unpaired) electrons. The molecule has 102 valence electrons. The van der Waals surface area contributed by atoms with Gasteiger partial charge in [0.2, 0.25) is 0 Å². The molecule has 3 aromatic rings. The average molecular weight is 267 g/mol. The van der Waals surface area contributed by atoms with Gasteiger partial charge < -0.3 is 15.0 Å². The molecule has 0 saturated heterocycles. The second-order valence-electron chi connectivity index (χ2n) is 4.57. The number of rotatable bonds is 6. The van der Waals surface area contributed by atoms with Crippen LogP contribution in [0.5, 0.6) is 5.75 Å². The topological polar surface area (TPSA) is 49.9 Å². The maximum absolute atomic E-state index is 5.74. The fraction of sp³-hybridized carbons (Fsp3) is 0.188. The molecule has 0 aliphatic heterocycles. The Hall–Kier alpha value is -2.49. The second-order valence-corrected chi connectivity index (χ2v) is 4.57. The van der Waals surface area contributed by atoms with E-state index in [4.69, 9.17) is 4.74 Å². The molecule has 4 nitrogen and oxygen atoms in total. The third kappa shape index (κ3) is 3.09. The number of benzene rings is 1. The number of hydrogen-bond acceptors (Lipinski definition) is 3. The van der Waals surface area contributed by atoms with E-state index in [1.54, 1.807) is 6.20 Å². The largest absolute Gasteiger partial charge is 0.493 e. The van der Waals surface area contributed by atoms with Crippen molar-refractivity contribution >= 4 is 16.7 Å². The van der Waals surface area contributed by atoms with Crippen LogP contribution in [0.2, 0.25) is 0 Å². The first-order valence-corrected chi connectivity index (χ1v) is 6.77. The second kappa shape index (κ2) is 6.10. The lowest BCUT2D eigenvalue weighted by atomic mass is 10.2. The van der Waals surface area contributed by atoms with E-state index < -0.39 is 0 Å². The number of hydrogen-bond donors (Lipinski definition) is 2. The Balaban J connectivity index is 1.43. The maximum Gasteiger partial charge on any atom is 0.125 e. The van der Waals surface area contributed by atoms with Crippen molar-refractivity contribution in [3.63, 3.8) is 0 Å². The summed E-state index contributed by atoms with van der Waals surface area (Å²) in [6, 6.07) is 14.0. The summed E-state index contributed by atoms with van der Waals surface area (Å²) in [5.41, 5.74) is 1.11. The third-order valence-electron chi connectivity index (χ3n) is 3.09. The maximum atomic E-state index is 5.74. The van der Waals surface area contributed by atoms with Crippen molar-refractivity contribution in [2.75, 3.05) is 18.5 Å². The molecular weight excluding hydrogens is 250 g/mol. The van der Waals surface area contributed by atoms with Gasteiger partial charge in [-0.3, -0.25) is 0 Å². The van der Waals surface area contributed by atoms with Crippen LogP contribution in [0, 0.1) is 0 Å². The first-order chi connectivity index (χ1) is 9.92. The number of aromatic nitrogens is 2. The predicted molar refractivity (Wildman–Crippen MR) is 81.1 cm³/mol. The minimum Gasteiger partial charge on any atom is -0.493 e. The number of H-pyrrole nitrogens is 1. The number of nitrogens with zero attached hydrogens (tertiary/aromatic N) is 1. The lowest BCUT2D eigenvalue weighted by Gasteiger charge is -2.07. The first kappa shape index (κ1) is 12.5. The van der Waals surface area contributed by atoms with Gasteiger partial charge in [0.15, 0.2) is 0 Å². The molecule has 2 N–H and O–H groups in total. The van der Waals surface area contributed by atoms with Crippen molar-refractivity contribution < 1.29 is 4.74 Å². The number of pyridine rings is 1. The average Bonchev–Trinajstić information content (AvgIpc) is 2.95. The highest BCUT2D eigenvalue weighted by Crippen LogP contribution is 2.19. The Kier molecular flexibility index (Phi) is 3.83. The van der Waals surface area contributed by atoms with Gasteiger partial charge in [-0.1, -0.05) is 6.07 Å². The molecule has 2 heterocycles. The lowest BCUT2D eigenvalue weighted by Crippen LogP contribution is -2.08. The minimum atomic E-state index is 0.687. The van der Waals surface area contributed by atoms with E-state index in [1.807, 2.05) is 36.5 Å². The standard InChI is InChI=1S/C16H17N3O/c1-2-8-18-16(4-1)19-9-3-11-20-14-6-5-13-7-10-17-15(13)12-14/h1-2,4-8,10,12,17H,3,9,11H2,(H,18,19). The highest BCUT2D eigenvalue weighted by molar-refractivity contribution is 5.80. The van der Waals surface area contributed by atoms with Crippen molar-refractivity contribution in [1.29, 1.82) is 0 Å². The number of fused-ring (bicyclic) bond motifs is 1. The lowest BCUT2D eigenvalue weighted by molar-refractivity contribution is 0.315. The van der Waals surface area contributed by atoms with Crippen LogP contribution in [0.4, 0.5) is 5.82 Å². The Labute approximate surface area is 117 Å². The van der Waals surface area contributed by atoms with Crippen LogP contribution in [0.1, 0.15) is 6.42 Å². The number of nitrogens with one attached hydrogen (secondary N) is 2. The van der Waals surface area contributed by atoms with E-state index in [0.717, 1.165) is 30.0 Å². The molecule has 20 heavy (non-hydrogen) atoms. The van der Waals surface area contributed by atoms with E-state index in [-0.39, 0.29) is 0 Å². The zero-order valence-corrected chi connectivity index (χ0v) is 11.2. The van der Waals surface area contributed by atoms with Gasteiger partial charge in [-0.05, 0) is 42.1 Å². The summed E-state index contributed by atoms with van der Waals surface area (Å²) in [7, 11) is 0. The summed E-state index contributed by atoms with van der Waals surface area (Å²) in [6.07, 6.45) is 4.65. The molecule has 1 aromatic carbocycles. The van der Waals surface area contributed by atoms with Crippen molar-refractivity contribution in [2.24, 2.45) is 0 Å². The molecule has 0 saturated carbocycles. The van der Waals surface area contributed by atoms with Crippen LogP contribution < -0.4 is 10.1 Å². The van der Waals surface area contributed by atoms with E-state index in [0.29, 0.717) is 6.61 Å². The van der Waals surface area contributed by atoms with Crippen molar-refractivity contribution in [3.05, 3.63) is 54.9 Å². The van der Waals surface area contributed by atoms with Gasteiger partial charge >= 0.3 is 0 Å². The Morgan fingerprint density at radius 2 is 2.15 bits per heavy atom. The molecule has 0 atom stereocenters. The van der Waals surface area contributed by atoms with E-state index >= 15 is 0 Å². The van der Waals surface area contributed by atoms with Gasteiger partial charge in [-0.15, -0.1) is 0 Å². The number of anilines is 1. The summed E-state index contributed by atoms with van der Waals surface area (Å²) in [5, 5.41) is 4.46. The smallest absolute Gasteiger partial charge is 0.125 e. The molecule has 3 rings (SSSR count).